The maximum atomic E-state index is 5.43. The van der Waals surface area contributed by atoms with Crippen molar-refractivity contribution in [2.75, 3.05) is 27.2 Å². The van der Waals surface area contributed by atoms with Gasteiger partial charge < -0.3 is 15.0 Å². The predicted octanol–water partition coefficient (Wildman–Crippen LogP) is 3.72. The van der Waals surface area contributed by atoms with E-state index in [0.29, 0.717) is 0 Å². The Morgan fingerprint density at radius 1 is 1.36 bits per heavy atom. The Morgan fingerprint density at radius 3 is 2.76 bits per heavy atom. The summed E-state index contributed by atoms with van der Waals surface area (Å²) in [5.74, 6) is 1.80. The summed E-state index contributed by atoms with van der Waals surface area (Å²) in [7, 11) is 3.74. The summed E-state index contributed by atoms with van der Waals surface area (Å²) in [5, 5.41) is 6.56. The van der Waals surface area contributed by atoms with E-state index in [1.807, 2.05) is 32.2 Å². The summed E-state index contributed by atoms with van der Waals surface area (Å²) in [6.07, 6.45) is 0.863. The Labute approximate surface area is 171 Å². The summed E-state index contributed by atoms with van der Waals surface area (Å²) < 4.78 is 5.43. The third-order valence-electron chi connectivity index (χ3n) is 3.59. The number of aromatic nitrogens is 1. The highest BCUT2D eigenvalue weighted by Gasteiger charge is 2.09. The van der Waals surface area contributed by atoms with Crippen molar-refractivity contribution in [3.05, 3.63) is 45.9 Å². The Hall–Kier alpha value is -1.35. The molecule has 0 spiro atoms. The Bertz CT molecular complexity index is 675. The van der Waals surface area contributed by atoms with E-state index >= 15 is 0 Å². The van der Waals surface area contributed by atoms with Gasteiger partial charge in [0.25, 0.3) is 0 Å². The van der Waals surface area contributed by atoms with E-state index in [2.05, 4.69) is 33.6 Å². The molecule has 0 fully saturated rings. The van der Waals surface area contributed by atoms with Crippen LogP contribution in [0.4, 0.5) is 0 Å². The van der Waals surface area contributed by atoms with Gasteiger partial charge in [-0.2, -0.15) is 0 Å². The Balaban J connectivity index is 0.00000312. The van der Waals surface area contributed by atoms with Gasteiger partial charge in [-0.15, -0.1) is 35.3 Å². The van der Waals surface area contributed by atoms with Gasteiger partial charge in [0.05, 0.1) is 17.8 Å². The fraction of sp³-hybridized carbons (Fsp3) is 0.444. The number of thiazole rings is 1. The van der Waals surface area contributed by atoms with Gasteiger partial charge >= 0.3 is 0 Å². The molecule has 0 atom stereocenters. The second-order valence-corrected chi connectivity index (χ2v) is 6.57. The molecule has 2 rings (SSSR count). The number of aliphatic imine (C=N–C) groups is 1. The molecule has 138 valence electrons. The number of guanidine groups is 1. The summed E-state index contributed by atoms with van der Waals surface area (Å²) in [6, 6.07) is 8.08. The molecule has 0 unspecified atom stereocenters. The second kappa shape index (κ2) is 11.3. The molecule has 0 aliphatic rings. The van der Waals surface area contributed by atoms with Crippen LogP contribution in [0, 0.1) is 6.92 Å². The first kappa shape index (κ1) is 21.7. The van der Waals surface area contributed by atoms with Crippen LogP contribution in [-0.2, 0) is 13.0 Å². The van der Waals surface area contributed by atoms with Crippen molar-refractivity contribution < 1.29 is 4.74 Å². The number of ether oxygens (including phenoxy) is 1. The molecule has 0 amide bonds. The van der Waals surface area contributed by atoms with E-state index in [0.717, 1.165) is 54.0 Å². The lowest BCUT2D eigenvalue weighted by molar-refractivity contribution is 0.396. The van der Waals surface area contributed by atoms with Crippen LogP contribution in [0.25, 0.3) is 0 Å². The van der Waals surface area contributed by atoms with Crippen molar-refractivity contribution >= 4 is 41.3 Å². The van der Waals surface area contributed by atoms with Crippen LogP contribution < -0.4 is 10.1 Å². The highest BCUT2D eigenvalue weighted by molar-refractivity contribution is 14.0. The van der Waals surface area contributed by atoms with Crippen molar-refractivity contribution in [3.63, 3.8) is 0 Å². The van der Waals surface area contributed by atoms with Crippen LogP contribution in [-0.4, -0.2) is 43.1 Å². The maximum Gasteiger partial charge on any atom is 0.193 e. The van der Waals surface area contributed by atoms with E-state index in [4.69, 9.17) is 9.73 Å². The van der Waals surface area contributed by atoms with Crippen LogP contribution >= 0.6 is 35.3 Å². The van der Waals surface area contributed by atoms with E-state index in [1.54, 1.807) is 18.4 Å². The van der Waals surface area contributed by atoms with Crippen molar-refractivity contribution in [2.24, 2.45) is 4.99 Å². The molecule has 25 heavy (non-hydrogen) atoms. The van der Waals surface area contributed by atoms with E-state index in [9.17, 15) is 0 Å². The van der Waals surface area contributed by atoms with Gasteiger partial charge in [-0.05, 0) is 19.9 Å². The van der Waals surface area contributed by atoms with Gasteiger partial charge in [0.1, 0.15) is 5.75 Å². The lowest BCUT2D eigenvalue weighted by atomic mass is 10.2. The standard InChI is InChI=1S/C18H26N4OS.HI/c1-5-19-18(20-11-10-16-13-24-14(2)21-16)22(3)12-15-8-6-7-9-17(15)23-4;/h6-9,13H,5,10-12H2,1-4H3,(H,19,20);1H. The van der Waals surface area contributed by atoms with Crippen LogP contribution in [0.2, 0.25) is 0 Å². The molecule has 1 aromatic heterocycles. The molecule has 7 heteroatoms. The van der Waals surface area contributed by atoms with Gasteiger partial charge in [0, 0.05) is 44.0 Å². The second-order valence-electron chi connectivity index (χ2n) is 5.51. The van der Waals surface area contributed by atoms with Crippen LogP contribution in [0.3, 0.4) is 0 Å². The largest absolute Gasteiger partial charge is 0.496 e. The van der Waals surface area contributed by atoms with Crippen LogP contribution in [0.15, 0.2) is 34.6 Å². The van der Waals surface area contributed by atoms with Crippen LogP contribution in [0.1, 0.15) is 23.2 Å². The maximum absolute atomic E-state index is 5.43. The lowest BCUT2D eigenvalue weighted by Crippen LogP contribution is -2.38. The fourth-order valence-corrected chi connectivity index (χ4v) is 3.08. The Kier molecular flexibility index (Phi) is 9.81. The molecule has 2 aromatic rings. The molecule has 0 bridgehead atoms. The van der Waals surface area contributed by atoms with Crippen molar-refractivity contribution in [3.8, 4) is 5.75 Å². The molecule has 0 saturated carbocycles. The SMILES string of the molecule is CCNC(=NCCc1csc(C)n1)N(C)Cc1ccccc1OC.I. The predicted molar refractivity (Wildman–Crippen MR) is 116 cm³/mol. The summed E-state index contributed by atoms with van der Waals surface area (Å²) in [4.78, 5) is 11.3. The first-order valence-corrected chi connectivity index (χ1v) is 9.04. The molecule has 0 aliphatic heterocycles. The number of rotatable bonds is 7. The van der Waals surface area contributed by atoms with Crippen molar-refractivity contribution in [2.45, 2.75) is 26.8 Å². The quantitative estimate of drug-likeness (QED) is 0.378. The van der Waals surface area contributed by atoms with Crippen molar-refractivity contribution in [1.29, 1.82) is 0 Å². The average molecular weight is 474 g/mol. The topological polar surface area (TPSA) is 49.8 Å². The smallest absolute Gasteiger partial charge is 0.193 e. The van der Waals surface area contributed by atoms with Gasteiger partial charge in [0.15, 0.2) is 5.96 Å². The van der Waals surface area contributed by atoms with Gasteiger partial charge in [-0.1, -0.05) is 18.2 Å². The number of hydrogen-bond acceptors (Lipinski definition) is 4. The zero-order valence-corrected chi connectivity index (χ0v) is 18.4. The highest BCUT2D eigenvalue weighted by atomic mass is 127. The van der Waals surface area contributed by atoms with E-state index < -0.39 is 0 Å². The number of nitrogens with one attached hydrogen (secondary N) is 1. The number of benzene rings is 1. The average Bonchev–Trinajstić information content (AvgIpc) is 3.00. The molecule has 1 aromatic carbocycles. The first-order valence-electron chi connectivity index (χ1n) is 8.16. The minimum Gasteiger partial charge on any atom is -0.496 e. The minimum absolute atomic E-state index is 0. The molecule has 1 N–H and O–H groups in total. The first-order chi connectivity index (χ1) is 11.6. The van der Waals surface area contributed by atoms with E-state index in [-0.39, 0.29) is 24.0 Å². The molecule has 0 saturated heterocycles. The third-order valence-corrected chi connectivity index (χ3v) is 4.41. The number of hydrogen-bond donors (Lipinski definition) is 1. The normalized spacial score (nSPS) is 11.0. The lowest BCUT2D eigenvalue weighted by Gasteiger charge is -2.23. The minimum atomic E-state index is 0. The molecular weight excluding hydrogens is 447 g/mol. The van der Waals surface area contributed by atoms with Crippen LogP contribution in [0.5, 0.6) is 5.75 Å². The van der Waals surface area contributed by atoms with Gasteiger partial charge in [-0.25, -0.2) is 4.98 Å². The monoisotopic (exact) mass is 474 g/mol. The summed E-state index contributed by atoms with van der Waals surface area (Å²) >= 11 is 1.69. The number of halogens is 1. The fourth-order valence-electron chi connectivity index (χ4n) is 2.43. The summed E-state index contributed by atoms with van der Waals surface area (Å²) in [6.45, 7) is 6.41. The van der Waals surface area contributed by atoms with Gasteiger partial charge in [-0.3, -0.25) is 4.99 Å². The van der Waals surface area contributed by atoms with E-state index in [1.165, 1.54) is 0 Å². The molecule has 1 heterocycles. The Morgan fingerprint density at radius 2 is 2.12 bits per heavy atom. The number of aryl methyl sites for hydroxylation is 1. The third kappa shape index (κ3) is 6.81. The molecule has 0 aliphatic carbocycles. The zero-order valence-electron chi connectivity index (χ0n) is 15.3. The van der Waals surface area contributed by atoms with Crippen molar-refractivity contribution in [1.82, 2.24) is 15.2 Å². The zero-order chi connectivity index (χ0) is 17.4. The molecule has 0 radical (unpaired) electrons. The van der Waals surface area contributed by atoms with Gasteiger partial charge in [0.2, 0.25) is 0 Å². The molecule has 5 nitrogen and oxygen atoms in total. The number of methoxy groups -OCH3 is 1. The highest BCUT2D eigenvalue weighted by Crippen LogP contribution is 2.18. The number of nitrogens with zero attached hydrogens (tertiary/aromatic N) is 3. The summed E-state index contributed by atoms with van der Waals surface area (Å²) in [5.41, 5.74) is 2.26. The number of para-hydroxylation sites is 1. The molecular formula is C18H27IN4OS.